The van der Waals surface area contributed by atoms with Gasteiger partial charge in [-0.3, -0.25) is 0 Å². The number of carbonyl (C=O) groups is 1. The molecule has 1 rings (SSSR count). The molecule has 2 N–H and O–H groups in total. The van der Waals surface area contributed by atoms with Crippen LogP contribution in [0.3, 0.4) is 0 Å². The largest absolute Gasteiger partial charge is 0.478 e. The highest BCUT2D eigenvalue weighted by Crippen LogP contribution is 2.11. The van der Waals surface area contributed by atoms with Gasteiger partial charge in [0.05, 0.1) is 11.7 Å². The number of aryl methyl sites for hydroxylation is 1. The summed E-state index contributed by atoms with van der Waals surface area (Å²) in [7, 11) is 0. The average molecular weight is 280 g/mol. The zero-order valence-electron chi connectivity index (χ0n) is 12.5. The van der Waals surface area contributed by atoms with Crippen LogP contribution in [0.5, 0.6) is 0 Å². The van der Waals surface area contributed by atoms with Crippen LogP contribution in [0.1, 0.15) is 49.7 Å². The Labute approximate surface area is 120 Å². The Morgan fingerprint density at radius 2 is 2.15 bits per heavy atom. The summed E-state index contributed by atoms with van der Waals surface area (Å²) in [5.74, 6) is -0.290. The molecular formula is C15H24N2O3. The quantitative estimate of drug-likeness (QED) is 0.680. The zero-order chi connectivity index (χ0) is 15.0. The Hall–Kier alpha value is -1.62. The predicted octanol–water partition coefficient (Wildman–Crippen LogP) is 2.96. The first-order chi connectivity index (χ1) is 9.52. The van der Waals surface area contributed by atoms with Crippen molar-refractivity contribution in [3.05, 3.63) is 23.4 Å². The Morgan fingerprint density at radius 3 is 2.75 bits per heavy atom. The molecule has 0 aliphatic carbocycles. The molecule has 112 valence electrons. The molecule has 0 saturated carbocycles. The van der Waals surface area contributed by atoms with E-state index in [2.05, 4.69) is 10.3 Å². The number of pyridine rings is 1. The van der Waals surface area contributed by atoms with E-state index in [0.717, 1.165) is 38.1 Å². The van der Waals surface area contributed by atoms with Crippen molar-refractivity contribution >= 4 is 11.8 Å². The number of carboxylic acids is 1. The number of hydrogen-bond donors (Lipinski definition) is 2. The van der Waals surface area contributed by atoms with Gasteiger partial charge in [-0.05, 0) is 45.2 Å². The molecule has 5 nitrogen and oxygen atoms in total. The second kappa shape index (κ2) is 8.53. The number of nitrogens with zero attached hydrogens (tertiary/aromatic N) is 1. The number of aromatic nitrogens is 1. The molecule has 20 heavy (non-hydrogen) atoms. The number of nitrogens with one attached hydrogen (secondary N) is 1. The lowest BCUT2D eigenvalue weighted by Gasteiger charge is -2.09. The van der Waals surface area contributed by atoms with Crippen molar-refractivity contribution in [3.8, 4) is 0 Å². The van der Waals surface area contributed by atoms with E-state index in [1.54, 1.807) is 12.1 Å². The van der Waals surface area contributed by atoms with Crippen LogP contribution in [0.25, 0.3) is 0 Å². The molecule has 0 saturated heterocycles. The van der Waals surface area contributed by atoms with Gasteiger partial charge in [0.1, 0.15) is 5.82 Å². The van der Waals surface area contributed by atoms with Gasteiger partial charge in [0.2, 0.25) is 0 Å². The standard InChI is InChI=1S/C15H24N2O3/c1-4-13-9-12(15(18)19)10-14(17-13)16-7-5-6-8-20-11(2)3/h9-11H,4-8H2,1-3H3,(H,16,17)(H,18,19). The summed E-state index contributed by atoms with van der Waals surface area (Å²) in [6.07, 6.45) is 2.93. The monoisotopic (exact) mass is 280 g/mol. The summed E-state index contributed by atoms with van der Waals surface area (Å²) in [5.41, 5.74) is 1.07. The molecule has 1 aromatic heterocycles. The fourth-order valence-corrected chi connectivity index (χ4v) is 1.75. The van der Waals surface area contributed by atoms with Crippen LogP contribution in [-0.2, 0) is 11.2 Å². The second-order valence-electron chi connectivity index (χ2n) is 4.94. The minimum absolute atomic E-state index is 0.268. The van der Waals surface area contributed by atoms with Gasteiger partial charge >= 0.3 is 5.97 Å². The van der Waals surface area contributed by atoms with E-state index in [-0.39, 0.29) is 11.7 Å². The van der Waals surface area contributed by atoms with Crippen LogP contribution in [0.4, 0.5) is 5.82 Å². The normalized spacial score (nSPS) is 10.8. The predicted molar refractivity (Wildman–Crippen MR) is 79.4 cm³/mol. The number of rotatable bonds is 9. The van der Waals surface area contributed by atoms with Crippen LogP contribution in [0, 0.1) is 0 Å². The highest BCUT2D eigenvalue weighted by molar-refractivity contribution is 5.88. The van der Waals surface area contributed by atoms with E-state index in [0.29, 0.717) is 5.82 Å². The molecule has 1 heterocycles. The molecular weight excluding hydrogens is 256 g/mol. The third-order valence-electron chi connectivity index (χ3n) is 2.82. The maximum Gasteiger partial charge on any atom is 0.335 e. The number of hydrogen-bond acceptors (Lipinski definition) is 4. The third-order valence-corrected chi connectivity index (χ3v) is 2.82. The van der Waals surface area contributed by atoms with Crippen LogP contribution in [0.2, 0.25) is 0 Å². The van der Waals surface area contributed by atoms with Gasteiger partial charge in [-0.25, -0.2) is 9.78 Å². The number of anilines is 1. The number of aromatic carboxylic acids is 1. The minimum Gasteiger partial charge on any atom is -0.478 e. The number of unbranched alkanes of at least 4 members (excludes halogenated alkanes) is 1. The van der Waals surface area contributed by atoms with Crippen molar-refractivity contribution in [3.63, 3.8) is 0 Å². The Bertz CT molecular complexity index is 433. The van der Waals surface area contributed by atoms with Crippen LogP contribution < -0.4 is 5.32 Å². The smallest absolute Gasteiger partial charge is 0.335 e. The van der Waals surface area contributed by atoms with Crippen molar-refractivity contribution in [2.45, 2.75) is 46.1 Å². The zero-order valence-corrected chi connectivity index (χ0v) is 12.5. The number of carboxylic acid groups (broad SMARTS) is 1. The molecule has 0 bridgehead atoms. The molecule has 0 unspecified atom stereocenters. The first kappa shape index (κ1) is 16.4. The van der Waals surface area contributed by atoms with Gasteiger partial charge in [0, 0.05) is 18.8 Å². The van der Waals surface area contributed by atoms with E-state index in [1.807, 2.05) is 20.8 Å². The van der Waals surface area contributed by atoms with Crippen molar-refractivity contribution in [2.75, 3.05) is 18.5 Å². The molecule has 1 aromatic rings. The Morgan fingerprint density at radius 1 is 1.40 bits per heavy atom. The molecule has 5 heteroatoms. The van der Waals surface area contributed by atoms with E-state index < -0.39 is 5.97 Å². The lowest BCUT2D eigenvalue weighted by atomic mass is 10.2. The van der Waals surface area contributed by atoms with Crippen LogP contribution in [-0.4, -0.2) is 35.3 Å². The molecule has 0 spiro atoms. The van der Waals surface area contributed by atoms with Gasteiger partial charge in [0.25, 0.3) is 0 Å². The minimum atomic E-state index is -0.921. The third kappa shape index (κ3) is 6.02. The SMILES string of the molecule is CCc1cc(C(=O)O)cc(NCCCCOC(C)C)n1. The Balaban J connectivity index is 2.43. The van der Waals surface area contributed by atoms with Crippen molar-refractivity contribution in [2.24, 2.45) is 0 Å². The lowest BCUT2D eigenvalue weighted by molar-refractivity contribution is 0.0696. The molecule has 0 radical (unpaired) electrons. The molecule has 0 aromatic carbocycles. The van der Waals surface area contributed by atoms with E-state index in [1.165, 1.54) is 0 Å². The lowest BCUT2D eigenvalue weighted by Crippen LogP contribution is -2.09. The first-order valence-corrected chi connectivity index (χ1v) is 7.12. The van der Waals surface area contributed by atoms with E-state index in [9.17, 15) is 4.79 Å². The van der Waals surface area contributed by atoms with Crippen molar-refractivity contribution < 1.29 is 14.6 Å². The van der Waals surface area contributed by atoms with E-state index in [4.69, 9.17) is 9.84 Å². The molecule has 0 aliphatic rings. The highest BCUT2D eigenvalue weighted by Gasteiger charge is 2.07. The highest BCUT2D eigenvalue weighted by atomic mass is 16.5. The maximum absolute atomic E-state index is 11.0. The summed E-state index contributed by atoms with van der Waals surface area (Å²) < 4.78 is 5.46. The summed E-state index contributed by atoms with van der Waals surface area (Å²) in [5, 5.41) is 12.2. The molecule has 0 amide bonds. The fourth-order valence-electron chi connectivity index (χ4n) is 1.75. The first-order valence-electron chi connectivity index (χ1n) is 7.12. The van der Waals surface area contributed by atoms with Gasteiger partial charge < -0.3 is 15.2 Å². The van der Waals surface area contributed by atoms with Crippen LogP contribution >= 0.6 is 0 Å². The fraction of sp³-hybridized carbons (Fsp3) is 0.600. The maximum atomic E-state index is 11.0. The van der Waals surface area contributed by atoms with Crippen LogP contribution in [0.15, 0.2) is 12.1 Å². The van der Waals surface area contributed by atoms with Gasteiger partial charge in [-0.2, -0.15) is 0 Å². The number of ether oxygens (including phenoxy) is 1. The summed E-state index contributed by atoms with van der Waals surface area (Å²) >= 11 is 0. The topological polar surface area (TPSA) is 71.5 Å². The Kier molecular flexibility index (Phi) is 7.01. The molecule has 0 aliphatic heterocycles. The average Bonchev–Trinajstić information content (AvgIpc) is 2.41. The summed E-state index contributed by atoms with van der Waals surface area (Å²) in [6, 6.07) is 3.19. The molecule has 0 fully saturated rings. The van der Waals surface area contributed by atoms with Gasteiger partial charge in [-0.1, -0.05) is 6.92 Å². The second-order valence-corrected chi connectivity index (χ2v) is 4.94. The summed E-state index contributed by atoms with van der Waals surface area (Å²) in [4.78, 5) is 15.4. The van der Waals surface area contributed by atoms with Crippen molar-refractivity contribution in [1.29, 1.82) is 0 Å². The summed E-state index contributed by atoms with van der Waals surface area (Å²) in [6.45, 7) is 7.52. The van der Waals surface area contributed by atoms with E-state index >= 15 is 0 Å². The van der Waals surface area contributed by atoms with Gasteiger partial charge in [-0.15, -0.1) is 0 Å². The molecule has 0 atom stereocenters. The van der Waals surface area contributed by atoms with Crippen molar-refractivity contribution in [1.82, 2.24) is 4.98 Å². The van der Waals surface area contributed by atoms with Gasteiger partial charge in [0.15, 0.2) is 0 Å².